The highest BCUT2D eigenvalue weighted by Crippen LogP contribution is 2.15. The zero-order valence-electron chi connectivity index (χ0n) is 21.1. The van der Waals surface area contributed by atoms with Crippen molar-refractivity contribution in [1.82, 2.24) is 10.6 Å². The summed E-state index contributed by atoms with van der Waals surface area (Å²) in [6, 6.07) is 11.0. The summed E-state index contributed by atoms with van der Waals surface area (Å²) in [7, 11) is 0. The molecule has 36 heavy (non-hydrogen) atoms. The number of Topliss-reactive ketones (excluding diaryl/α,β-unsaturated/α-hetero) is 1. The Morgan fingerprint density at radius 3 is 2.61 bits per heavy atom. The van der Waals surface area contributed by atoms with Crippen molar-refractivity contribution < 1.29 is 23.5 Å². The minimum Gasteiger partial charge on any atom is -0.468 e. The van der Waals surface area contributed by atoms with Gasteiger partial charge in [-0.05, 0) is 48.6 Å². The van der Waals surface area contributed by atoms with Gasteiger partial charge in [0.1, 0.15) is 18.4 Å². The Hall–Kier alpha value is -3.25. The zero-order valence-corrected chi connectivity index (χ0v) is 21.9. The number of benzene rings is 1. The number of alkyl carbamates (subject to hydrolysis) is 1. The van der Waals surface area contributed by atoms with Crippen molar-refractivity contribution in [2.24, 2.45) is 5.92 Å². The van der Waals surface area contributed by atoms with Crippen LogP contribution in [0.4, 0.5) is 4.79 Å². The molecule has 1 aromatic carbocycles. The maximum absolute atomic E-state index is 13.1. The second kappa shape index (κ2) is 15.7. The van der Waals surface area contributed by atoms with Gasteiger partial charge in [-0.15, -0.1) is 11.8 Å². The lowest BCUT2D eigenvalue weighted by atomic mass is 10.0. The van der Waals surface area contributed by atoms with Crippen LogP contribution in [-0.2, 0) is 26.7 Å². The Morgan fingerprint density at radius 1 is 1.14 bits per heavy atom. The van der Waals surface area contributed by atoms with Crippen LogP contribution in [0.1, 0.15) is 63.3 Å². The summed E-state index contributed by atoms with van der Waals surface area (Å²) in [5, 5.41) is 14.5. The maximum Gasteiger partial charge on any atom is 0.408 e. The molecule has 9 heteroatoms. The van der Waals surface area contributed by atoms with E-state index in [1.165, 1.54) is 11.8 Å². The van der Waals surface area contributed by atoms with E-state index >= 15 is 0 Å². The molecule has 2 rings (SSSR count). The molecule has 0 aliphatic heterocycles. The molecular formula is C27H35N3O5S. The Morgan fingerprint density at radius 2 is 1.94 bits per heavy atom. The molecule has 2 atom stereocenters. The number of carbonyl (C=O) groups is 3. The lowest BCUT2D eigenvalue weighted by Crippen LogP contribution is -2.52. The monoisotopic (exact) mass is 513 g/mol. The topological polar surface area (TPSA) is 121 Å². The second-order valence-electron chi connectivity index (χ2n) is 8.96. The fourth-order valence-corrected chi connectivity index (χ4v) is 4.38. The first-order chi connectivity index (χ1) is 17.3. The van der Waals surface area contributed by atoms with Gasteiger partial charge in [-0.25, -0.2) is 4.79 Å². The van der Waals surface area contributed by atoms with Gasteiger partial charge < -0.3 is 19.8 Å². The predicted octanol–water partition coefficient (Wildman–Crippen LogP) is 4.97. The Balaban J connectivity index is 1.95. The quantitative estimate of drug-likeness (QED) is 0.345. The molecule has 1 aromatic heterocycles. The smallest absolute Gasteiger partial charge is 0.408 e. The number of unbranched alkanes of at least 4 members (excludes halogenated alkanes) is 1. The van der Waals surface area contributed by atoms with Gasteiger partial charge in [0.25, 0.3) is 0 Å². The van der Waals surface area contributed by atoms with Gasteiger partial charge in [-0.1, -0.05) is 45.7 Å². The fraction of sp³-hybridized carbons (Fsp3) is 0.481. The van der Waals surface area contributed by atoms with Crippen LogP contribution >= 0.6 is 11.8 Å². The van der Waals surface area contributed by atoms with Crippen LogP contribution in [0.15, 0.2) is 47.1 Å². The summed E-state index contributed by atoms with van der Waals surface area (Å²) >= 11 is 1.44. The van der Waals surface area contributed by atoms with E-state index in [4.69, 9.17) is 14.4 Å². The first-order valence-electron chi connectivity index (χ1n) is 12.2. The summed E-state index contributed by atoms with van der Waals surface area (Å²) in [5.41, 5.74) is 1.14. The standard InChI is InChI=1S/C27H35N3O5S/c1-4-5-11-23(25(31)18-36-17-22-10-7-12-34-22)29-26(32)24(13-19(2)3)30-27(33)35-16-21-9-6-8-20(14-21)15-28/h6-10,12,14,19,23-24H,4-5,11,13,16-18H2,1-3H3,(H,29,32)(H,30,33). The first-order valence-corrected chi connectivity index (χ1v) is 13.3. The number of nitrogens with one attached hydrogen (secondary N) is 2. The Labute approximate surface area is 217 Å². The molecule has 1 heterocycles. The third-order valence-corrected chi connectivity index (χ3v) is 6.34. The summed E-state index contributed by atoms with van der Waals surface area (Å²) in [5.74, 6) is 1.28. The second-order valence-corrected chi connectivity index (χ2v) is 9.94. The van der Waals surface area contributed by atoms with Crippen molar-refractivity contribution in [2.45, 2.75) is 70.9 Å². The molecule has 8 nitrogen and oxygen atoms in total. The zero-order chi connectivity index (χ0) is 26.3. The van der Waals surface area contributed by atoms with Crippen molar-refractivity contribution >= 4 is 29.5 Å². The van der Waals surface area contributed by atoms with Gasteiger partial charge in [0.05, 0.1) is 35.4 Å². The molecule has 194 valence electrons. The molecule has 2 unspecified atom stereocenters. The largest absolute Gasteiger partial charge is 0.468 e. The number of furan rings is 1. The Kier molecular flexibility index (Phi) is 12.6. The highest BCUT2D eigenvalue weighted by atomic mass is 32.2. The molecule has 0 fully saturated rings. The fourth-order valence-electron chi connectivity index (χ4n) is 3.51. The number of hydrogen-bond donors (Lipinski definition) is 2. The van der Waals surface area contributed by atoms with Gasteiger partial charge in [0, 0.05) is 0 Å². The molecule has 2 aromatic rings. The van der Waals surface area contributed by atoms with Crippen molar-refractivity contribution in [3.05, 3.63) is 59.5 Å². The van der Waals surface area contributed by atoms with E-state index in [0.29, 0.717) is 29.7 Å². The Bertz CT molecular complexity index is 1020. The molecule has 0 spiro atoms. The summed E-state index contributed by atoms with van der Waals surface area (Å²) in [4.78, 5) is 38.5. The highest BCUT2D eigenvalue weighted by molar-refractivity contribution is 7.99. The lowest BCUT2D eigenvalue weighted by molar-refractivity contribution is -0.128. The van der Waals surface area contributed by atoms with E-state index in [1.54, 1.807) is 36.6 Å². The van der Waals surface area contributed by atoms with Gasteiger partial charge in [-0.2, -0.15) is 5.26 Å². The van der Waals surface area contributed by atoms with E-state index in [1.807, 2.05) is 32.9 Å². The van der Waals surface area contributed by atoms with Gasteiger partial charge in [0.2, 0.25) is 5.91 Å². The van der Waals surface area contributed by atoms with Crippen LogP contribution in [0.2, 0.25) is 0 Å². The highest BCUT2D eigenvalue weighted by Gasteiger charge is 2.27. The molecule has 2 amide bonds. The minimum atomic E-state index is -0.837. The van der Waals surface area contributed by atoms with E-state index in [0.717, 1.165) is 18.6 Å². The molecule has 0 radical (unpaired) electrons. The van der Waals surface area contributed by atoms with Gasteiger partial charge >= 0.3 is 6.09 Å². The van der Waals surface area contributed by atoms with E-state index in [9.17, 15) is 14.4 Å². The summed E-state index contributed by atoms with van der Waals surface area (Å²) < 4.78 is 10.6. The normalized spacial score (nSPS) is 12.4. The molecule has 0 saturated heterocycles. The lowest BCUT2D eigenvalue weighted by Gasteiger charge is -2.24. The van der Waals surface area contributed by atoms with Crippen LogP contribution in [0, 0.1) is 17.2 Å². The number of thioether (sulfide) groups is 1. The minimum absolute atomic E-state index is 0.0259. The predicted molar refractivity (Wildman–Crippen MR) is 139 cm³/mol. The molecule has 2 N–H and O–H groups in total. The number of nitriles is 1. The van der Waals surface area contributed by atoms with Gasteiger partial charge in [0.15, 0.2) is 5.78 Å². The molecule has 0 aliphatic rings. The van der Waals surface area contributed by atoms with Crippen LogP contribution in [0.3, 0.4) is 0 Å². The number of ketones is 1. The number of hydrogen-bond acceptors (Lipinski definition) is 7. The van der Waals surface area contributed by atoms with E-state index < -0.39 is 24.1 Å². The number of carbonyl (C=O) groups excluding carboxylic acids is 3. The summed E-state index contributed by atoms with van der Waals surface area (Å²) in [6.07, 6.45) is 3.49. The van der Waals surface area contributed by atoms with Gasteiger partial charge in [-0.3, -0.25) is 9.59 Å². The SMILES string of the molecule is CCCCC(NC(=O)C(CC(C)C)NC(=O)OCc1cccc(C#N)c1)C(=O)CSCc1ccco1. The number of ether oxygens (including phenoxy) is 1. The average Bonchev–Trinajstić information content (AvgIpc) is 3.38. The average molecular weight is 514 g/mol. The third kappa shape index (κ3) is 10.6. The number of rotatable bonds is 15. The molecule has 0 aliphatic carbocycles. The first kappa shape index (κ1) is 29.0. The maximum atomic E-state index is 13.1. The van der Waals surface area contributed by atoms with E-state index in [-0.39, 0.29) is 24.1 Å². The third-order valence-electron chi connectivity index (χ3n) is 5.36. The van der Waals surface area contributed by atoms with Crippen molar-refractivity contribution in [1.29, 1.82) is 5.26 Å². The number of amides is 2. The van der Waals surface area contributed by atoms with Crippen molar-refractivity contribution in [3.63, 3.8) is 0 Å². The van der Waals surface area contributed by atoms with E-state index in [2.05, 4.69) is 10.6 Å². The molecule has 0 saturated carbocycles. The van der Waals surface area contributed by atoms with Crippen LogP contribution in [0.25, 0.3) is 0 Å². The number of nitrogens with zero attached hydrogens (tertiary/aromatic N) is 1. The van der Waals surface area contributed by atoms with Crippen molar-refractivity contribution in [3.8, 4) is 6.07 Å². The van der Waals surface area contributed by atoms with Crippen LogP contribution in [0.5, 0.6) is 0 Å². The van der Waals surface area contributed by atoms with Crippen LogP contribution in [-0.4, -0.2) is 35.6 Å². The van der Waals surface area contributed by atoms with Crippen molar-refractivity contribution in [2.75, 3.05) is 5.75 Å². The summed E-state index contributed by atoms with van der Waals surface area (Å²) in [6.45, 7) is 5.90. The molecular weight excluding hydrogens is 478 g/mol. The molecule has 0 bridgehead atoms. The van der Waals surface area contributed by atoms with Crippen LogP contribution < -0.4 is 10.6 Å².